The number of nitrogens with zero attached hydrogens (tertiary/aromatic N) is 1. The lowest BCUT2D eigenvalue weighted by Gasteiger charge is -2.29. The number of aliphatic hydroxyl groups is 2. The van der Waals surface area contributed by atoms with Crippen molar-refractivity contribution in [2.24, 2.45) is 11.1 Å². The summed E-state index contributed by atoms with van der Waals surface area (Å²) in [6.45, 7) is 8.11. The van der Waals surface area contributed by atoms with E-state index in [1.54, 1.807) is 13.8 Å². The van der Waals surface area contributed by atoms with Gasteiger partial charge in [0, 0.05) is 13.2 Å². The summed E-state index contributed by atoms with van der Waals surface area (Å²) < 4.78 is 10.6. The van der Waals surface area contributed by atoms with Crippen molar-refractivity contribution in [3.8, 4) is 0 Å². The molecule has 18 heavy (non-hydrogen) atoms. The Kier molecular flexibility index (Phi) is 5.52. The maximum atomic E-state index is 10.3. The van der Waals surface area contributed by atoms with Crippen molar-refractivity contribution in [2.75, 3.05) is 13.2 Å². The average Bonchev–Trinajstić information content (AvgIpc) is 2.72. The second kappa shape index (κ2) is 6.47. The molecule has 0 aromatic rings. The van der Waals surface area contributed by atoms with Crippen molar-refractivity contribution >= 4 is 5.71 Å². The van der Waals surface area contributed by atoms with E-state index in [9.17, 15) is 10.2 Å². The second-order valence-corrected chi connectivity index (χ2v) is 4.63. The third kappa shape index (κ3) is 3.41. The number of hydrogen-bond donors (Lipinski definition) is 2. The van der Waals surface area contributed by atoms with E-state index in [0.29, 0.717) is 18.9 Å². The number of rotatable bonds is 7. The first-order valence-corrected chi connectivity index (χ1v) is 6.33. The fraction of sp³-hybridized carbons (Fsp3) is 0.917. The lowest BCUT2D eigenvalue weighted by atomic mass is 9.97. The van der Waals surface area contributed by atoms with Gasteiger partial charge in [0.15, 0.2) is 0 Å². The van der Waals surface area contributed by atoms with Crippen LogP contribution in [0.1, 0.15) is 34.1 Å². The molecular formula is C12H23NO5. The summed E-state index contributed by atoms with van der Waals surface area (Å²) in [5, 5.41) is 24.0. The molecule has 0 fully saturated rings. The van der Waals surface area contributed by atoms with E-state index in [-0.39, 0.29) is 12.3 Å². The van der Waals surface area contributed by atoms with Gasteiger partial charge in [0.1, 0.15) is 0 Å². The summed E-state index contributed by atoms with van der Waals surface area (Å²) in [6, 6.07) is 0. The molecule has 0 aromatic carbocycles. The molecule has 0 saturated carbocycles. The topological polar surface area (TPSA) is 80.5 Å². The molecular weight excluding hydrogens is 238 g/mol. The summed E-state index contributed by atoms with van der Waals surface area (Å²) in [5.41, 5.74) is 0.414. The Morgan fingerprint density at radius 2 is 1.89 bits per heavy atom. The molecule has 2 unspecified atom stereocenters. The molecule has 6 nitrogen and oxygen atoms in total. The van der Waals surface area contributed by atoms with E-state index >= 15 is 0 Å². The molecule has 106 valence electrons. The first kappa shape index (κ1) is 15.4. The molecule has 0 aliphatic carbocycles. The maximum Gasteiger partial charge on any atom is 0.291 e. The maximum absolute atomic E-state index is 10.3. The molecule has 2 atom stereocenters. The predicted molar refractivity (Wildman–Crippen MR) is 66.0 cm³/mol. The van der Waals surface area contributed by atoms with E-state index in [1.807, 2.05) is 13.8 Å². The molecule has 0 aromatic heterocycles. The number of hydrogen-bond acceptors (Lipinski definition) is 6. The predicted octanol–water partition coefficient (Wildman–Crippen LogP) is 0.867. The quantitative estimate of drug-likeness (QED) is 0.665. The molecule has 6 heteroatoms. The minimum Gasteiger partial charge on any atom is -0.387 e. The van der Waals surface area contributed by atoms with Gasteiger partial charge >= 0.3 is 0 Å². The van der Waals surface area contributed by atoms with E-state index in [4.69, 9.17) is 14.3 Å². The molecule has 1 aliphatic rings. The largest absolute Gasteiger partial charge is 0.387 e. The summed E-state index contributed by atoms with van der Waals surface area (Å²) in [7, 11) is 0. The molecule has 0 amide bonds. The van der Waals surface area contributed by atoms with E-state index in [1.165, 1.54) is 0 Å². The molecule has 0 bridgehead atoms. The van der Waals surface area contributed by atoms with Crippen LogP contribution in [0.15, 0.2) is 5.16 Å². The van der Waals surface area contributed by atoms with Crippen molar-refractivity contribution in [3.05, 3.63) is 0 Å². The zero-order chi connectivity index (χ0) is 13.8. The molecule has 1 aliphatic heterocycles. The van der Waals surface area contributed by atoms with Gasteiger partial charge in [0.25, 0.3) is 5.79 Å². The van der Waals surface area contributed by atoms with Gasteiger partial charge in [-0.1, -0.05) is 19.0 Å². The molecule has 1 heterocycles. The smallest absolute Gasteiger partial charge is 0.291 e. The van der Waals surface area contributed by atoms with Crippen molar-refractivity contribution in [2.45, 2.75) is 52.3 Å². The van der Waals surface area contributed by atoms with Gasteiger partial charge in [0.05, 0.1) is 18.2 Å². The second-order valence-electron chi connectivity index (χ2n) is 4.63. The summed E-state index contributed by atoms with van der Waals surface area (Å²) in [6.07, 6.45) is -1.56. The molecule has 0 saturated heterocycles. The Bertz CT molecular complexity index is 288. The van der Waals surface area contributed by atoms with Gasteiger partial charge in [-0.3, -0.25) is 0 Å². The van der Waals surface area contributed by atoms with Gasteiger partial charge in [-0.15, -0.1) is 0 Å². The van der Waals surface area contributed by atoms with Crippen LogP contribution in [0.4, 0.5) is 0 Å². The minimum atomic E-state index is -1.66. The number of ether oxygens (including phenoxy) is 2. The fourth-order valence-electron chi connectivity index (χ4n) is 1.74. The molecule has 0 spiro atoms. The Hall–Kier alpha value is -0.690. The van der Waals surface area contributed by atoms with E-state index in [2.05, 4.69) is 5.16 Å². The molecule has 1 rings (SSSR count). The van der Waals surface area contributed by atoms with Crippen LogP contribution in [0.2, 0.25) is 0 Å². The fourth-order valence-corrected chi connectivity index (χ4v) is 1.74. The van der Waals surface area contributed by atoms with Crippen molar-refractivity contribution in [1.29, 1.82) is 0 Å². The zero-order valence-electron chi connectivity index (χ0n) is 11.4. The van der Waals surface area contributed by atoms with Crippen LogP contribution in [0.25, 0.3) is 0 Å². The number of oxime groups is 1. The van der Waals surface area contributed by atoms with Gasteiger partial charge in [-0.05, 0) is 19.8 Å². The van der Waals surface area contributed by atoms with Crippen molar-refractivity contribution in [3.63, 3.8) is 0 Å². The lowest BCUT2D eigenvalue weighted by molar-refractivity contribution is -0.325. The Balaban J connectivity index is 2.68. The molecule has 2 N–H and O–H groups in total. The van der Waals surface area contributed by atoms with Crippen molar-refractivity contribution in [1.82, 2.24) is 0 Å². The Morgan fingerprint density at radius 3 is 2.33 bits per heavy atom. The average molecular weight is 261 g/mol. The van der Waals surface area contributed by atoms with Gasteiger partial charge in [-0.2, -0.15) is 0 Å². The van der Waals surface area contributed by atoms with Crippen LogP contribution in [-0.4, -0.2) is 47.3 Å². The van der Waals surface area contributed by atoms with Crippen molar-refractivity contribution < 1.29 is 24.5 Å². The number of aliphatic hydroxyl groups excluding tert-OH is 1. The van der Waals surface area contributed by atoms with Crippen LogP contribution < -0.4 is 0 Å². The van der Waals surface area contributed by atoms with Crippen LogP contribution >= 0.6 is 0 Å². The standard InChI is InChI=1S/C12H23NO5/c1-5-16-11(17-6-2)12(15)7-9(13-18-12)10(14)8(3)4/h8,10-11,14-15H,5-7H2,1-4H3. The van der Waals surface area contributed by atoms with Crippen LogP contribution in [0.3, 0.4) is 0 Å². The first-order chi connectivity index (χ1) is 8.44. The van der Waals surface area contributed by atoms with Crippen LogP contribution in [0.5, 0.6) is 0 Å². The van der Waals surface area contributed by atoms with E-state index in [0.717, 1.165) is 0 Å². The minimum absolute atomic E-state index is 0.00679. The highest BCUT2D eigenvalue weighted by Gasteiger charge is 2.48. The first-order valence-electron chi connectivity index (χ1n) is 6.33. The van der Waals surface area contributed by atoms with Gasteiger partial charge in [-0.25, -0.2) is 0 Å². The highest BCUT2D eigenvalue weighted by molar-refractivity contribution is 5.90. The Morgan fingerprint density at radius 1 is 1.33 bits per heavy atom. The monoisotopic (exact) mass is 261 g/mol. The summed E-state index contributed by atoms with van der Waals surface area (Å²) in [4.78, 5) is 5.03. The van der Waals surface area contributed by atoms with E-state index < -0.39 is 18.2 Å². The summed E-state index contributed by atoms with van der Waals surface area (Å²) >= 11 is 0. The normalized spacial score (nSPS) is 25.4. The third-order valence-electron chi connectivity index (χ3n) is 2.73. The van der Waals surface area contributed by atoms with Gasteiger partial charge in [0.2, 0.25) is 6.29 Å². The SMILES string of the molecule is CCOC(OCC)C1(O)CC(C(O)C(C)C)=NO1. The van der Waals surface area contributed by atoms with Crippen LogP contribution in [-0.2, 0) is 14.3 Å². The third-order valence-corrected chi connectivity index (χ3v) is 2.73. The van der Waals surface area contributed by atoms with Gasteiger partial charge < -0.3 is 24.5 Å². The lowest BCUT2D eigenvalue weighted by Crippen LogP contribution is -2.47. The van der Waals surface area contributed by atoms with Crippen LogP contribution in [0, 0.1) is 5.92 Å². The summed E-state index contributed by atoms with van der Waals surface area (Å²) in [5.74, 6) is -1.65. The molecule has 0 radical (unpaired) electrons. The highest BCUT2D eigenvalue weighted by Crippen LogP contribution is 2.29. The Labute approximate surface area is 108 Å². The highest BCUT2D eigenvalue weighted by atomic mass is 16.8. The zero-order valence-corrected chi connectivity index (χ0v) is 11.4.